The second-order valence-corrected chi connectivity index (χ2v) is 8.84. The van der Waals surface area contributed by atoms with E-state index in [1.165, 1.54) is 4.90 Å². The number of hydrogen-bond donors (Lipinski definition) is 0. The normalized spacial score (nSPS) is 11.4. The van der Waals surface area contributed by atoms with Crippen LogP contribution in [0.15, 0.2) is 42.5 Å². The fourth-order valence-corrected chi connectivity index (χ4v) is 4.60. The zero-order chi connectivity index (χ0) is 23.0. The molecular weight excluding hydrogens is 451 g/mol. The third-order valence-corrected chi connectivity index (χ3v) is 6.49. The molecule has 0 saturated carbocycles. The lowest BCUT2D eigenvalue weighted by Crippen LogP contribution is -2.35. The fraction of sp³-hybridized carbons (Fsp3) is 0.333. The van der Waals surface area contributed by atoms with Gasteiger partial charge in [-0.1, -0.05) is 29.8 Å². The third kappa shape index (κ3) is 6.68. The summed E-state index contributed by atoms with van der Waals surface area (Å²) in [6.07, 6.45) is -0.931. The SMILES string of the molecule is CCOP(=O)(CC(=O)N(CCC(=O)c1c(F)ccc(Cl)c1F)c1ccccc1)OCC. The molecule has 0 fully saturated rings. The van der Waals surface area contributed by atoms with E-state index in [1.54, 1.807) is 44.2 Å². The second kappa shape index (κ2) is 11.5. The molecule has 0 aliphatic heterocycles. The molecule has 0 aromatic heterocycles. The second-order valence-electron chi connectivity index (χ2n) is 6.38. The number of carbonyl (C=O) groups is 2. The number of anilines is 1. The molecule has 0 heterocycles. The average molecular weight is 474 g/mol. The van der Waals surface area contributed by atoms with Gasteiger partial charge in [0, 0.05) is 18.7 Å². The van der Waals surface area contributed by atoms with Crippen LogP contribution in [0.2, 0.25) is 5.02 Å². The smallest absolute Gasteiger partial charge is 0.311 e. The van der Waals surface area contributed by atoms with Crippen molar-refractivity contribution in [2.24, 2.45) is 0 Å². The van der Waals surface area contributed by atoms with Crippen molar-refractivity contribution in [1.82, 2.24) is 0 Å². The average Bonchev–Trinajstić information content (AvgIpc) is 2.72. The standard InChI is InChI=1S/C21H23ClF2NO5P/c1-3-29-31(28,30-4-2)14-19(27)25(15-8-6-5-7-9-15)13-12-18(26)20-17(23)11-10-16(22)21(20)24/h5-11H,3-4,12-14H2,1-2H3. The summed E-state index contributed by atoms with van der Waals surface area (Å²) in [5.74, 6) is -3.66. The maximum Gasteiger partial charge on any atom is 0.340 e. The Balaban J connectivity index is 2.26. The van der Waals surface area contributed by atoms with Crippen LogP contribution in [-0.2, 0) is 18.4 Å². The van der Waals surface area contributed by atoms with Crippen molar-refractivity contribution in [3.63, 3.8) is 0 Å². The first-order valence-electron chi connectivity index (χ1n) is 9.62. The minimum Gasteiger partial charge on any atom is -0.311 e. The summed E-state index contributed by atoms with van der Waals surface area (Å²) in [4.78, 5) is 26.7. The van der Waals surface area contributed by atoms with Gasteiger partial charge in [0.2, 0.25) is 5.91 Å². The van der Waals surface area contributed by atoms with Crippen molar-refractivity contribution >= 4 is 36.6 Å². The monoisotopic (exact) mass is 473 g/mol. The lowest BCUT2D eigenvalue weighted by atomic mass is 10.1. The van der Waals surface area contributed by atoms with Crippen LogP contribution < -0.4 is 4.90 Å². The molecule has 0 aliphatic carbocycles. The van der Waals surface area contributed by atoms with Gasteiger partial charge in [-0.2, -0.15) is 0 Å². The number of nitrogens with zero attached hydrogens (tertiary/aromatic N) is 1. The van der Waals surface area contributed by atoms with E-state index in [-0.39, 0.29) is 31.2 Å². The van der Waals surface area contributed by atoms with Gasteiger partial charge in [0.05, 0.1) is 23.8 Å². The molecule has 0 atom stereocenters. The van der Waals surface area contributed by atoms with Crippen LogP contribution in [0.25, 0.3) is 0 Å². The Morgan fingerprint density at radius 2 is 1.65 bits per heavy atom. The molecule has 0 bridgehead atoms. The number of carbonyl (C=O) groups excluding carboxylic acids is 2. The number of amides is 1. The maximum atomic E-state index is 14.2. The van der Waals surface area contributed by atoms with Gasteiger partial charge in [0.1, 0.15) is 12.0 Å². The Hall–Kier alpha value is -2.12. The minimum atomic E-state index is -3.69. The summed E-state index contributed by atoms with van der Waals surface area (Å²) in [5, 5.41) is -0.380. The summed E-state index contributed by atoms with van der Waals surface area (Å²) >= 11 is 5.65. The summed E-state index contributed by atoms with van der Waals surface area (Å²) < 4.78 is 51.3. The zero-order valence-corrected chi connectivity index (χ0v) is 18.8. The van der Waals surface area contributed by atoms with Gasteiger partial charge < -0.3 is 13.9 Å². The van der Waals surface area contributed by atoms with Gasteiger partial charge in [-0.25, -0.2) is 8.78 Å². The number of benzene rings is 2. The predicted molar refractivity (Wildman–Crippen MR) is 115 cm³/mol. The molecule has 10 heteroatoms. The minimum absolute atomic E-state index is 0.0850. The molecule has 0 unspecified atom stereocenters. The van der Waals surface area contributed by atoms with Crippen molar-refractivity contribution in [3.8, 4) is 0 Å². The summed E-state index contributed by atoms with van der Waals surface area (Å²) in [6.45, 7) is 3.21. The molecule has 1 amide bonds. The van der Waals surface area contributed by atoms with Crippen molar-refractivity contribution in [2.75, 3.05) is 30.8 Å². The van der Waals surface area contributed by atoms with Crippen LogP contribution >= 0.6 is 19.2 Å². The van der Waals surface area contributed by atoms with Gasteiger partial charge in [-0.3, -0.25) is 14.2 Å². The van der Waals surface area contributed by atoms with Crippen molar-refractivity contribution in [2.45, 2.75) is 20.3 Å². The molecule has 0 saturated heterocycles. The number of Topliss-reactive ketones (excluding diaryl/α,β-unsaturated/α-hetero) is 1. The quantitative estimate of drug-likeness (QED) is 0.245. The lowest BCUT2D eigenvalue weighted by molar-refractivity contribution is -0.116. The number of hydrogen-bond acceptors (Lipinski definition) is 5. The Morgan fingerprint density at radius 3 is 2.23 bits per heavy atom. The largest absolute Gasteiger partial charge is 0.340 e. The molecule has 0 spiro atoms. The Labute approximate surface area is 184 Å². The van der Waals surface area contributed by atoms with E-state index in [2.05, 4.69) is 0 Å². The highest BCUT2D eigenvalue weighted by Gasteiger charge is 2.31. The van der Waals surface area contributed by atoms with Crippen LogP contribution in [0.5, 0.6) is 0 Å². The van der Waals surface area contributed by atoms with E-state index in [9.17, 15) is 22.9 Å². The molecule has 0 aliphatic rings. The van der Waals surface area contributed by atoms with Crippen molar-refractivity contribution in [3.05, 3.63) is 64.7 Å². The molecule has 6 nitrogen and oxygen atoms in total. The topological polar surface area (TPSA) is 72.9 Å². The highest BCUT2D eigenvalue weighted by Crippen LogP contribution is 2.48. The van der Waals surface area contributed by atoms with E-state index in [1.807, 2.05) is 0 Å². The van der Waals surface area contributed by atoms with Gasteiger partial charge in [0.15, 0.2) is 11.6 Å². The van der Waals surface area contributed by atoms with E-state index in [0.29, 0.717) is 5.69 Å². The van der Waals surface area contributed by atoms with E-state index in [4.69, 9.17) is 20.6 Å². The first kappa shape index (κ1) is 25.1. The van der Waals surface area contributed by atoms with E-state index < -0.39 is 42.6 Å². The number of ketones is 1. The molecule has 2 aromatic rings. The van der Waals surface area contributed by atoms with Crippen LogP contribution in [-0.4, -0.2) is 37.6 Å². The summed E-state index contributed by atoms with van der Waals surface area (Å²) in [6, 6.07) is 10.3. The Bertz CT molecular complexity index is 964. The highest BCUT2D eigenvalue weighted by atomic mass is 35.5. The molecule has 2 rings (SSSR count). The van der Waals surface area contributed by atoms with Crippen LogP contribution in [0.3, 0.4) is 0 Å². The number of para-hydroxylation sites is 1. The van der Waals surface area contributed by atoms with Crippen molar-refractivity contribution < 1.29 is 32.0 Å². The first-order valence-corrected chi connectivity index (χ1v) is 11.7. The van der Waals surface area contributed by atoms with E-state index in [0.717, 1.165) is 12.1 Å². The number of rotatable bonds is 11. The first-order chi connectivity index (χ1) is 14.7. The molecule has 0 N–H and O–H groups in total. The molecule has 168 valence electrons. The Kier molecular flexibility index (Phi) is 9.32. The molecular formula is C21H23ClF2NO5P. The van der Waals surface area contributed by atoms with Gasteiger partial charge in [-0.05, 0) is 38.1 Å². The highest BCUT2D eigenvalue weighted by molar-refractivity contribution is 7.54. The van der Waals surface area contributed by atoms with Crippen LogP contribution in [0.1, 0.15) is 30.6 Å². The fourth-order valence-electron chi connectivity index (χ4n) is 2.90. The molecule has 0 radical (unpaired) electrons. The van der Waals surface area contributed by atoms with Crippen LogP contribution in [0, 0.1) is 11.6 Å². The Morgan fingerprint density at radius 1 is 1.03 bits per heavy atom. The summed E-state index contributed by atoms with van der Waals surface area (Å²) in [7, 11) is -3.69. The van der Waals surface area contributed by atoms with E-state index >= 15 is 0 Å². The molecule has 31 heavy (non-hydrogen) atoms. The summed E-state index contributed by atoms with van der Waals surface area (Å²) in [5.41, 5.74) is -0.339. The van der Waals surface area contributed by atoms with Crippen LogP contribution in [0.4, 0.5) is 14.5 Å². The zero-order valence-electron chi connectivity index (χ0n) is 17.1. The predicted octanol–water partition coefficient (Wildman–Crippen LogP) is 5.49. The van der Waals surface area contributed by atoms with Gasteiger partial charge >= 0.3 is 7.60 Å². The maximum absolute atomic E-state index is 14.2. The third-order valence-electron chi connectivity index (χ3n) is 4.23. The lowest BCUT2D eigenvalue weighted by Gasteiger charge is -2.25. The van der Waals surface area contributed by atoms with Crippen molar-refractivity contribution in [1.29, 1.82) is 0 Å². The number of halogens is 3. The van der Waals surface area contributed by atoms with Gasteiger partial charge in [0.25, 0.3) is 0 Å². The molecule has 2 aromatic carbocycles. The van der Waals surface area contributed by atoms with Gasteiger partial charge in [-0.15, -0.1) is 0 Å².